The Kier molecular flexibility index (Phi) is 12.4. The number of unbranched alkanes of at least 4 members (excludes halogenated alkanes) is 4. The minimum Gasteiger partial charge on any atom is -0.479 e. The summed E-state index contributed by atoms with van der Waals surface area (Å²) < 4.78 is 27.5. The molecule has 220 valence electrons. The van der Waals surface area contributed by atoms with Crippen LogP contribution in [0, 0.1) is 0 Å². The molecule has 3 rings (SSSR count). The quantitative estimate of drug-likeness (QED) is 0.166. The Labute approximate surface area is 247 Å². The number of carboxylic acids is 1. The highest BCUT2D eigenvalue weighted by molar-refractivity contribution is 8.01. The van der Waals surface area contributed by atoms with Crippen LogP contribution in [0.1, 0.15) is 80.2 Å². The molecule has 0 bridgehead atoms. The second kappa shape index (κ2) is 15.7. The molecular formula is C32H39NO6S2. The van der Waals surface area contributed by atoms with Crippen molar-refractivity contribution in [3.05, 3.63) is 102 Å². The van der Waals surface area contributed by atoms with Crippen LogP contribution in [0.25, 0.3) is 0 Å². The van der Waals surface area contributed by atoms with Gasteiger partial charge in [0.05, 0.1) is 15.4 Å². The molecule has 3 N–H and O–H groups in total. The Morgan fingerprint density at radius 3 is 2.00 bits per heavy atom. The van der Waals surface area contributed by atoms with Gasteiger partial charge in [-0.1, -0.05) is 112 Å². The molecule has 0 radical (unpaired) electrons. The lowest BCUT2D eigenvalue weighted by atomic mass is 9.83. The zero-order valence-corrected chi connectivity index (χ0v) is 25.1. The number of aliphatic hydroxyl groups is 1. The van der Waals surface area contributed by atoms with Gasteiger partial charge in [0.15, 0.2) is 6.10 Å². The summed E-state index contributed by atoms with van der Waals surface area (Å²) in [6.45, 7) is 3.68. The van der Waals surface area contributed by atoms with Crippen molar-refractivity contribution in [2.24, 2.45) is 0 Å². The van der Waals surface area contributed by atoms with E-state index in [2.05, 4.69) is 11.6 Å². The predicted octanol–water partition coefficient (Wildman–Crippen LogP) is 6.29. The molecule has 9 heteroatoms. The van der Waals surface area contributed by atoms with Crippen molar-refractivity contribution in [2.45, 2.75) is 79.8 Å². The van der Waals surface area contributed by atoms with E-state index in [4.69, 9.17) is 0 Å². The van der Waals surface area contributed by atoms with E-state index in [0.717, 1.165) is 55.0 Å². The number of thioether (sulfide) groups is 1. The summed E-state index contributed by atoms with van der Waals surface area (Å²) in [7, 11) is -4.11. The monoisotopic (exact) mass is 597 g/mol. The molecule has 0 aliphatic rings. The van der Waals surface area contributed by atoms with Crippen LogP contribution in [0.5, 0.6) is 0 Å². The number of rotatable bonds is 16. The Balaban J connectivity index is 1.92. The normalized spacial score (nSPS) is 14.5. The van der Waals surface area contributed by atoms with Gasteiger partial charge >= 0.3 is 5.97 Å². The van der Waals surface area contributed by atoms with Crippen LogP contribution in [-0.2, 0) is 19.6 Å². The summed E-state index contributed by atoms with van der Waals surface area (Å²) >= 11 is 0.933. The summed E-state index contributed by atoms with van der Waals surface area (Å²) in [5, 5.41) is 18.7. The fraction of sp³-hybridized carbons (Fsp3) is 0.375. The highest BCUT2D eigenvalue weighted by Gasteiger charge is 2.35. The number of amides is 1. The van der Waals surface area contributed by atoms with Gasteiger partial charge in [-0.05, 0) is 42.2 Å². The third kappa shape index (κ3) is 9.18. The largest absolute Gasteiger partial charge is 0.479 e. The molecular weight excluding hydrogens is 558 g/mol. The second-order valence-corrected chi connectivity index (χ2v) is 13.2. The van der Waals surface area contributed by atoms with E-state index in [-0.39, 0.29) is 10.8 Å². The molecule has 0 saturated carbocycles. The number of carbonyl (C=O) groups excluding carboxylic acids is 1. The molecule has 0 aromatic heterocycles. The number of hydrogen-bond donors (Lipinski definition) is 3. The van der Waals surface area contributed by atoms with Gasteiger partial charge < -0.3 is 10.2 Å². The molecule has 41 heavy (non-hydrogen) atoms. The predicted molar refractivity (Wildman–Crippen MR) is 163 cm³/mol. The molecule has 0 aliphatic carbocycles. The van der Waals surface area contributed by atoms with Gasteiger partial charge in [0.25, 0.3) is 10.0 Å². The summed E-state index contributed by atoms with van der Waals surface area (Å²) in [5.74, 6) is -2.26. The average molecular weight is 598 g/mol. The average Bonchev–Trinajstić information content (AvgIpc) is 2.98. The number of aliphatic hydroxyl groups excluding tert-OH is 1. The van der Waals surface area contributed by atoms with E-state index in [1.807, 2.05) is 42.5 Å². The lowest BCUT2D eigenvalue weighted by Gasteiger charge is -2.28. The zero-order chi connectivity index (χ0) is 29.8. The highest BCUT2D eigenvalue weighted by Crippen LogP contribution is 2.42. The van der Waals surface area contributed by atoms with Gasteiger partial charge in [0.1, 0.15) is 0 Å². The molecule has 0 fully saturated rings. The maximum absolute atomic E-state index is 13.0. The first kappa shape index (κ1) is 32.4. The van der Waals surface area contributed by atoms with Gasteiger partial charge in [0.2, 0.25) is 5.91 Å². The van der Waals surface area contributed by atoms with E-state index < -0.39 is 38.5 Å². The van der Waals surface area contributed by atoms with E-state index >= 15 is 0 Å². The number of hydrogen-bond acceptors (Lipinski definition) is 6. The first-order chi connectivity index (χ1) is 19.7. The van der Waals surface area contributed by atoms with E-state index in [1.54, 1.807) is 30.3 Å². The van der Waals surface area contributed by atoms with Crippen molar-refractivity contribution in [3.63, 3.8) is 0 Å². The Bertz CT molecular complexity index is 1370. The molecule has 1 amide bonds. The number of sulfonamides is 1. The van der Waals surface area contributed by atoms with E-state index in [0.29, 0.717) is 5.56 Å². The van der Waals surface area contributed by atoms with Crippen LogP contribution < -0.4 is 4.72 Å². The van der Waals surface area contributed by atoms with Crippen molar-refractivity contribution < 1.29 is 28.2 Å². The molecule has 3 aromatic carbocycles. The molecule has 3 aromatic rings. The molecule has 0 saturated heterocycles. The Morgan fingerprint density at radius 2 is 1.39 bits per heavy atom. The van der Waals surface area contributed by atoms with E-state index in [1.165, 1.54) is 25.5 Å². The van der Waals surface area contributed by atoms with Crippen LogP contribution >= 0.6 is 11.8 Å². The standard InChI is InChI=1S/C32H39NO6S2/c1-3-4-5-6-13-20-26(24-16-9-7-10-17-24)27-21-14-15-22-28(27)30(29(34)32(36)37)40-23(2)31(35)33-41(38,39)25-18-11-8-12-19-25/h7-12,14-19,21-23,26,29-30,34H,3-6,13,20H2,1-2H3,(H,33,35)(H,36,37). The van der Waals surface area contributed by atoms with Crippen molar-refractivity contribution in [3.8, 4) is 0 Å². The second-order valence-electron chi connectivity index (χ2n) is 10.1. The highest BCUT2D eigenvalue weighted by atomic mass is 32.2. The first-order valence-corrected chi connectivity index (χ1v) is 16.4. The third-order valence-electron chi connectivity index (χ3n) is 7.02. The van der Waals surface area contributed by atoms with Gasteiger partial charge in [-0.3, -0.25) is 4.79 Å². The lowest BCUT2D eigenvalue weighted by molar-refractivity contribution is -0.146. The van der Waals surface area contributed by atoms with Gasteiger partial charge in [-0.15, -0.1) is 11.8 Å². The third-order valence-corrected chi connectivity index (χ3v) is 9.81. The van der Waals surface area contributed by atoms with Crippen LogP contribution in [0.3, 0.4) is 0 Å². The van der Waals surface area contributed by atoms with Crippen molar-refractivity contribution in [1.29, 1.82) is 0 Å². The molecule has 4 unspecified atom stereocenters. The molecule has 4 atom stereocenters. The van der Waals surface area contributed by atoms with Crippen molar-refractivity contribution in [2.75, 3.05) is 0 Å². The Morgan fingerprint density at radius 1 is 0.829 bits per heavy atom. The molecule has 0 spiro atoms. The van der Waals surface area contributed by atoms with Gasteiger partial charge in [0, 0.05) is 5.92 Å². The molecule has 0 heterocycles. The first-order valence-electron chi connectivity index (χ1n) is 14.0. The summed E-state index contributed by atoms with van der Waals surface area (Å²) in [6.07, 6.45) is 4.57. The summed E-state index contributed by atoms with van der Waals surface area (Å²) in [4.78, 5) is 25.0. The fourth-order valence-corrected chi connectivity index (χ4v) is 7.23. The van der Waals surface area contributed by atoms with Crippen molar-refractivity contribution in [1.82, 2.24) is 4.72 Å². The topological polar surface area (TPSA) is 121 Å². The minimum absolute atomic E-state index is 0.0410. The smallest absolute Gasteiger partial charge is 0.334 e. The Hall–Kier alpha value is -3.14. The number of aliphatic carboxylic acids is 1. The lowest BCUT2D eigenvalue weighted by Crippen LogP contribution is -2.37. The van der Waals surface area contributed by atoms with Gasteiger partial charge in [-0.2, -0.15) is 0 Å². The van der Waals surface area contributed by atoms with Gasteiger partial charge in [-0.25, -0.2) is 17.9 Å². The van der Waals surface area contributed by atoms with Crippen LogP contribution in [0.15, 0.2) is 89.8 Å². The maximum atomic E-state index is 13.0. The van der Waals surface area contributed by atoms with Crippen LogP contribution in [0.4, 0.5) is 0 Å². The number of carbonyl (C=O) groups is 2. The fourth-order valence-electron chi connectivity index (χ4n) is 4.83. The maximum Gasteiger partial charge on any atom is 0.334 e. The number of carboxylic acid groups (broad SMARTS) is 1. The number of nitrogens with one attached hydrogen (secondary N) is 1. The van der Waals surface area contributed by atoms with Crippen molar-refractivity contribution >= 4 is 33.7 Å². The SMILES string of the molecule is CCCCCCCC(c1ccccc1)c1ccccc1C(SC(C)C(=O)NS(=O)(=O)c1ccccc1)C(O)C(=O)O. The van der Waals surface area contributed by atoms with Crippen LogP contribution in [0.2, 0.25) is 0 Å². The number of benzene rings is 3. The molecule has 7 nitrogen and oxygen atoms in total. The minimum atomic E-state index is -4.11. The van der Waals surface area contributed by atoms with E-state index in [9.17, 15) is 28.2 Å². The zero-order valence-electron chi connectivity index (χ0n) is 23.5. The van der Waals surface area contributed by atoms with Crippen LogP contribution in [-0.4, -0.2) is 41.9 Å². The summed E-state index contributed by atoms with van der Waals surface area (Å²) in [6, 6.07) is 25.0. The molecule has 0 aliphatic heterocycles. The summed E-state index contributed by atoms with van der Waals surface area (Å²) in [5.41, 5.74) is 2.58.